The summed E-state index contributed by atoms with van der Waals surface area (Å²) in [6.07, 6.45) is 4.21. The second-order valence-corrected chi connectivity index (χ2v) is 6.70. The van der Waals surface area contributed by atoms with E-state index in [1.165, 1.54) is 4.57 Å². The van der Waals surface area contributed by atoms with Crippen LogP contribution in [-0.4, -0.2) is 66.3 Å². The topological polar surface area (TPSA) is 134 Å². The molecule has 0 bridgehead atoms. The normalized spacial score (nSPS) is 18.0. The van der Waals surface area contributed by atoms with E-state index in [2.05, 4.69) is 15.0 Å². The Morgan fingerprint density at radius 3 is 2.89 bits per heavy atom. The van der Waals surface area contributed by atoms with Gasteiger partial charge in [-0.1, -0.05) is 19.8 Å². The molecule has 10 heteroatoms. The fraction of sp³-hybridized carbons (Fsp3) is 0.647. The van der Waals surface area contributed by atoms with Crippen molar-refractivity contribution in [3.05, 3.63) is 10.5 Å². The number of rotatable bonds is 8. The van der Waals surface area contributed by atoms with Crippen molar-refractivity contribution < 1.29 is 19.7 Å². The second kappa shape index (κ2) is 8.38. The van der Waals surface area contributed by atoms with E-state index in [1.807, 2.05) is 11.8 Å². The van der Waals surface area contributed by atoms with Crippen LogP contribution in [0.3, 0.4) is 0 Å². The molecule has 0 spiro atoms. The number of fused-ring (bicyclic) bond motifs is 1. The van der Waals surface area contributed by atoms with Gasteiger partial charge < -0.3 is 14.9 Å². The van der Waals surface area contributed by atoms with Crippen LogP contribution in [0.25, 0.3) is 11.2 Å². The molecule has 10 nitrogen and oxygen atoms in total. The second-order valence-electron chi connectivity index (χ2n) is 6.70. The van der Waals surface area contributed by atoms with Gasteiger partial charge in [-0.15, -0.1) is 0 Å². The van der Waals surface area contributed by atoms with Crippen molar-refractivity contribution >= 4 is 17.1 Å². The summed E-state index contributed by atoms with van der Waals surface area (Å²) in [6, 6.07) is -0.516. The number of carbonyl (C=O) groups is 1. The zero-order chi connectivity index (χ0) is 19.4. The molecule has 1 fully saturated rings. The Bertz CT molecular complexity index is 861. The number of hydrogen-bond donors (Lipinski definition) is 3. The molecule has 1 aliphatic rings. The lowest BCUT2D eigenvalue weighted by molar-refractivity contribution is -0.144. The maximum Gasteiger partial charge on any atom is 0.327 e. The molecule has 2 aromatic heterocycles. The first-order chi connectivity index (χ1) is 13.0. The highest BCUT2D eigenvalue weighted by molar-refractivity contribution is 5.76. The van der Waals surface area contributed by atoms with Gasteiger partial charge in [0.2, 0.25) is 5.88 Å². The maximum atomic E-state index is 12.3. The Labute approximate surface area is 155 Å². The molecule has 0 amide bonds. The average molecular weight is 379 g/mol. The molecule has 1 saturated heterocycles. The van der Waals surface area contributed by atoms with Crippen molar-refractivity contribution in [1.29, 1.82) is 0 Å². The first-order valence-electron chi connectivity index (χ1n) is 9.30. The number of aromatic hydroxyl groups is 1. The molecule has 0 radical (unpaired) electrons. The van der Waals surface area contributed by atoms with E-state index >= 15 is 0 Å². The number of aromatic nitrogens is 4. The van der Waals surface area contributed by atoms with E-state index in [0.717, 1.165) is 25.7 Å². The van der Waals surface area contributed by atoms with Gasteiger partial charge in [-0.05, 0) is 25.8 Å². The van der Waals surface area contributed by atoms with Gasteiger partial charge in [-0.2, -0.15) is 9.97 Å². The van der Waals surface area contributed by atoms with Crippen LogP contribution >= 0.6 is 0 Å². The van der Waals surface area contributed by atoms with Crippen LogP contribution in [0.15, 0.2) is 4.79 Å². The van der Waals surface area contributed by atoms with Gasteiger partial charge in [0.15, 0.2) is 5.65 Å². The number of aromatic amines is 1. The number of nitrogens with one attached hydrogen (secondary N) is 1. The standard InChI is InChI=1S/C17H25N5O5/c1-2-3-10-27-16-19-13-12(14(23)20-16)18-17(26)22(13)9-8-21-7-5-4-6-11(21)15(24)25/h11H,2-10H2,1H3,(H,18,26)(H,24,25)(H,19,20,23). The SMILES string of the molecule is CCCCOc1nc(O)c2[nH]c(=O)n(CCN3CCCCC3C(=O)O)c2n1. The number of imidazole rings is 1. The van der Waals surface area contributed by atoms with Crippen LogP contribution in [0.4, 0.5) is 0 Å². The molecule has 0 aliphatic carbocycles. The van der Waals surface area contributed by atoms with Gasteiger partial charge in [0.05, 0.1) is 6.61 Å². The first-order valence-corrected chi connectivity index (χ1v) is 9.30. The summed E-state index contributed by atoms with van der Waals surface area (Å²) in [5, 5.41) is 19.5. The number of unbranched alkanes of at least 4 members (excludes halogenated alkanes) is 1. The number of carboxylic acid groups (broad SMARTS) is 1. The van der Waals surface area contributed by atoms with E-state index < -0.39 is 17.7 Å². The average Bonchev–Trinajstić information content (AvgIpc) is 2.96. The summed E-state index contributed by atoms with van der Waals surface area (Å²) in [5.41, 5.74) is -0.0247. The lowest BCUT2D eigenvalue weighted by atomic mass is 10.0. The Balaban J connectivity index is 1.81. The van der Waals surface area contributed by atoms with Crippen LogP contribution < -0.4 is 10.4 Å². The quantitative estimate of drug-likeness (QED) is 0.577. The Morgan fingerprint density at radius 1 is 1.33 bits per heavy atom. The van der Waals surface area contributed by atoms with E-state index in [9.17, 15) is 19.8 Å². The molecule has 0 saturated carbocycles. The lowest BCUT2D eigenvalue weighted by Gasteiger charge is -2.32. The number of H-pyrrole nitrogens is 1. The molecular formula is C17H25N5O5. The van der Waals surface area contributed by atoms with E-state index in [-0.39, 0.29) is 29.6 Å². The van der Waals surface area contributed by atoms with Crippen LogP contribution in [0, 0.1) is 0 Å². The van der Waals surface area contributed by atoms with Gasteiger partial charge in [0.25, 0.3) is 0 Å². The Morgan fingerprint density at radius 2 is 2.15 bits per heavy atom. The minimum Gasteiger partial charge on any atom is -0.492 e. The number of aliphatic carboxylic acids is 1. The van der Waals surface area contributed by atoms with Crippen molar-refractivity contribution in [1.82, 2.24) is 24.4 Å². The van der Waals surface area contributed by atoms with Crippen LogP contribution in [0.2, 0.25) is 0 Å². The van der Waals surface area contributed by atoms with Gasteiger partial charge >= 0.3 is 17.7 Å². The molecule has 1 unspecified atom stereocenters. The summed E-state index contributed by atoms with van der Waals surface area (Å²) in [6.45, 7) is 3.79. The lowest BCUT2D eigenvalue weighted by Crippen LogP contribution is -2.46. The van der Waals surface area contributed by atoms with Crippen molar-refractivity contribution in [2.45, 2.75) is 51.6 Å². The summed E-state index contributed by atoms with van der Waals surface area (Å²) in [4.78, 5) is 36.3. The number of ether oxygens (including phenoxy) is 1. The van der Waals surface area contributed by atoms with E-state index in [4.69, 9.17) is 4.74 Å². The third kappa shape index (κ3) is 4.21. The summed E-state index contributed by atoms with van der Waals surface area (Å²) in [5.74, 6) is -1.18. The molecule has 3 rings (SSSR count). The maximum absolute atomic E-state index is 12.3. The summed E-state index contributed by atoms with van der Waals surface area (Å²) in [7, 11) is 0. The number of piperidine rings is 1. The van der Waals surface area contributed by atoms with Crippen molar-refractivity contribution in [2.24, 2.45) is 0 Å². The third-order valence-electron chi connectivity index (χ3n) is 4.82. The Kier molecular flexibility index (Phi) is 5.94. The first kappa shape index (κ1) is 19.2. The molecule has 0 aromatic carbocycles. The van der Waals surface area contributed by atoms with Crippen LogP contribution in [0.5, 0.6) is 11.9 Å². The molecule has 1 atom stereocenters. The number of nitrogens with zero attached hydrogens (tertiary/aromatic N) is 4. The largest absolute Gasteiger partial charge is 0.492 e. The highest BCUT2D eigenvalue weighted by Crippen LogP contribution is 2.22. The zero-order valence-corrected chi connectivity index (χ0v) is 15.3. The van der Waals surface area contributed by atoms with E-state index in [0.29, 0.717) is 26.1 Å². The van der Waals surface area contributed by atoms with Crippen LogP contribution in [0.1, 0.15) is 39.0 Å². The number of likely N-dealkylation sites (tertiary alicyclic amines) is 1. The molecular weight excluding hydrogens is 354 g/mol. The molecule has 3 N–H and O–H groups in total. The molecule has 2 aromatic rings. The predicted octanol–water partition coefficient (Wildman–Crippen LogP) is 0.943. The van der Waals surface area contributed by atoms with Crippen molar-refractivity contribution in [3.8, 4) is 11.9 Å². The number of hydrogen-bond acceptors (Lipinski definition) is 7. The fourth-order valence-corrected chi connectivity index (χ4v) is 3.34. The minimum atomic E-state index is -0.840. The molecule has 3 heterocycles. The monoisotopic (exact) mass is 379 g/mol. The molecule has 148 valence electrons. The zero-order valence-electron chi connectivity index (χ0n) is 15.3. The molecule has 27 heavy (non-hydrogen) atoms. The predicted molar refractivity (Wildman–Crippen MR) is 97.1 cm³/mol. The van der Waals surface area contributed by atoms with Gasteiger partial charge in [-0.3, -0.25) is 19.2 Å². The van der Waals surface area contributed by atoms with Gasteiger partial charge in [-0.25, -0.2) is 4.79 Å². The Hall–Kier alpha value is -2.62. The number of carboxylic acids is 1. The van der Waals surface area contributed by atoms with Gasteiger partial charge in [0.1, 0.15) is 11.6 Å². The summed E-state index contributed by atoms with van der Waals surface area (Å²) >= 11 is 0. The van der Waals surface area contributed by atoms with Gasteiger partial charge in [0, 0.05) is 13.1 Å². The third-order valence-corrected chi connectivity index (χ3v) is 4.82. The van der Waals surface area contributed by atoms with Crippen LogP contribution in [-0.2, 0) is 11.3 Å². The highest BCUT2D eigenvalue weighted by atomic mass is 16.5. The van der Waals surface area contributed by atoms with E-state index in [1.54, 1.807) is 0 Å². The highest BCUT2D eigenvalue weighted by Gasteiger charge is 2.28. The minimum absolute atomic E-state index is 0.0163. The summed E-state index contributed by atoms with van der Waals surface area (Å²) < 4.78 is 6.83. The van der Waals surface area contributed by atoms with Crippen molar-refractivity contribution in [2.75, 3.05) is 19.7 Å². The van der Waals surface area contributed by atoms with Crippen molar-refractivity contribution in [3.63, 3.8) is 0 Å². The smallest absolute Gasteiger partial charge is 0.327 e. The molecule has 1 aliphatic heterocycles. The fourth-order valence-electron chi connectivity index (χ4n) is 3.34.